The Morgan fingerprint density at radius 2 is 2.21 bits per heavy atom. The van der Waals surface area contributed by atoms with Gasteiger partial charge in [0.1, 0.15) is 5.75 Å². The molecule has 1 aromatic heterocycles. The lowest BCUT2D eigenvalue weighted by Gasteiger charge is -2.02. The van der Waals surface area contributed by atoms with Crippen molar-refractivity contribution in [1.82, 2.24) is 0 Å². The molecular weight excluding hydrogens is 212 g/mol. The predicted octanol–water partition coefficient (Wildman–Crippen LogP) is 3.89. The molecular formula is C11H12OS2. The van der Waals surface area contributed by atoms with Crippen LogP contribution < -0.4 is 0 Å². The van der Waals surface area contributed by atoms with Gasteiger partial charge in [0.15, 0.2) is 0 Å². The molecule has 3 heteroatoms. The van der Waals surface area contributed by atoms with Crippen molar-refractivity contribution >= 4 is 33.2 Å². The van der Waals surface area contributed by atoms with E-state index in [0.29, 0.717) is 5.75 Å². The van der Waals surface area contributed by atoms with E-state index in [1.807, 2.05) is 12.3 Å². The van der Waals surface area contributed by atoms with Crippen molar-refractivity contribution < 1.29 is 5.11 Å². The maximum Gasteiger partial charge on any atom is 0.130 e. The SMILES string of the molecule is CCc1csc2cc(O)c(SC)cc12. The maximum atomic E-state index is 9.68. The average molecular weight is 224 g/mol. The van der Waals surface area contributed by atoms with Crippen molar-refractivity contribution in [2.24, 2.45) is 0 Å². The summed E-state index contributed by atoms with van der Waals surface area (Å²) < 4.78 is 1.18. The largest absolute Gasteiger partial charge is 0.507 e. The molecule has 1 heterocycles. The number of aryl methyl sites for hydroxylation is 1. The van der Waals surface area contributed by atoms with Gasteiger partial charge in [-0.15, -0.1) is 23.1 Å². The first-order chi connectivity index (χ1) is 6.76. The molecule has 0 fully saturated rings. The number of fused-ring (bicyclic) bond motifs is 1. The molecule has 0 aliphatic rings. The fraction of sp³-hybridized carbons (Fsp3) is 0.273. The molecule has 0 atom stereocenters. The predicted molar refractivity (Wildman–Crippen MR) is 64.6 cm³/mol. The van der Waals surface area contributed by atoms with Crippen molar-refractivity contribution in [2.45, 2.75) is 18.2 Å². The van der Waals surface area contributed by atoms with Gasteiger partial charge >= 0.3 is 0 Å². The van der Waals surface area contributed by atoms with Crippen LogP contribution in [0, 0.1) is 0 Å². The van der Waals surface area contributed by atoms with Crippen LogP contribution in [0.2, 0.25) is 0 Å². The second kappa shape index (κ2) is 3.83. The van der Waals surface area contributed by atoms with Crippen LogP contribution in [0.15, 0.2) is 22.4 Å². The smallest absolute Gasteiger partial charge is 0.130 e. The summed E-state index contributed by atoms with van der Waals surface area (Å²) in [5.41, 5.74) is 1.38. The third kappa shape index (κ3) is 1.51. The topological polar surface area (TPSA) is 20.2 Å². The maximum absolute atomic E-state index is 9.68. The van der Waals surface area contributed by atoms with Crippen LogP contribution in [0.5, 0.6) is 5.75 Å². The van der Waals surface area contributed by atoms with E-state index in [9.17, 15) is 5.11 Å². The molecule has 0 saturated heterocycles. The Morgan fingerprint density at radius 1 is 1.43 bits per heavy atom. The van der Waals surface area contributed by atoms with Gasteiger partial charge in [-0.1, -0.05) is 6.92 Å². The summed E-state index contributed by atoms with van der Waals surface area (Å²) in [4.78, 5) is 0.964. The second-order valence-corrected chi connectivity index (χ2v) is 4.89. The zero-order valence-electron chi connectivity index (χ0n) is 8.20. The van der Waals surface area contributed by atoms with Crippen LogP contribution in [0.25, 0.3) is 10.1 Å². The van der Waals surface area contributed by atoms with Crippen LogP contribution in [-0.2, 0) is 6.42 Å². The number of rotatable bonds is 2. The molecule has 1 N–H and O–H groups in total. The van der Waals surface area contributed by atoms with E-state index in [0.717, 1.165) is 11.3 Å². The molecule has 2 aromatic rings. The van der Waals surface area contributed by atoms with Crippen molar-refractivity contribution in [2.75, 3.05) is 6.26 Å². The summed E-state index contributed by atoms with van der Waals surface area (Å²) in [6, 6.07) is 3.95. The molecule has 0 aliphatic carbocycles. The van der Waals surface area contributed by atoms with Crippen LogP contribution in [0.4, 0.5) is 0 Å². The molecule has 0 saturated carbocycles. The quantitative estimate of drug-likeness (QED) is 0.781. The fourth-order valence-electron chi connectivity index (χ4n) is 1.53. The van der Waals surface area contributed by atoms with Gasteiger partial charge in [0, 0.05) is 9.60 Å². The fourth-order valence-corrected chi connectivity index (χ4v) is 3.10. The van der Waals surface area contributed by atoms with Gasteiger partial charge < -0.3 is 5.11 Å². The molecule has 1 nitrogen and oxygen atoms in total. The first-order valence-electron chi connectivity index (χ1n) is 4.53. The lowest BCUT2D eigenvalue weighted by atomic mass is 10.1. The van der Waals surface area contributed by atoms with Gasteiger partial charge in [0.25, 0.3) is 0 Å². The molecule has 0 bridgehead atoms. The van der Waals surface area contributed by atoms with Crippen molar-refractivity contribution in [3.8, 4) is 5.75 Å². The van der Waals surface area contributed by atoms with E-state index in [1.54, 1.807) is 23.1 Å². The summed E-state index contributed by atoms with van der Waals surface area (Å²) in [6.07, 6.45) is 3.04. The standard InChI is InChI=1S/C11H12OS2/c1-3-7-6-14-10-5-9(12)11(13-2)4-8(7)10/h4-6,12H,3H2,1-2H3. The average Bonchev–Trinajstić information content (AvgIpc) is 2.58. The van der Waals surface area contributed by atoms with Gasteiger partial charge in [-0.2, -0.15) is 0 Å². The zero-order valence-corrected chi connectivity index (χ0v) is 9.84. The number of hydrogen-bond donors (Lipinski definition) is 1. The first-order valence-corrected chi connectivity index (χ1v) is 6.63. The Bertz CT molecular complexity index is 460. The lowest BCUT2D eigenvalue weighted by Crippen LogP contribution is -1.77. The monoisotopic (exact) mass is 224 g/mol. The first kappa shape index (κ1) is 9.87. The van der Waals surface area contributed by atoms with Gasteiger partial charge in [0.2, 0.25) is 0 Å². The van der Waals surface area contributed by atoms with Crippen LogP contribution in [0.3, 0.4) is 0 Å². The molecule has 0 unspecified atom stereocenters. The van der Waals surface area contributed by atoms with E-state index in [4.69, 9.17) is 0 Å². The Labute approximate surface area is 91.8 Å². The lowest BCUT2D eigenvalue weighted by molar-refractivity contribution is 0.463. The van der Waals surface area contributed by atoms with Crippen LogP contribution in [-0.4, -0.2) is 11.4 Å². The van der Waals surface area contributed by atoms with E-state index in [-0.39, 0.29) is 0 Å². The molecule has 0 spiro atoms. The molecule has 14 heavy (non-hydrogen) atoms. The van der Waals surface area contributed by atoms with E-state index < -0.39 is 0 Å². The zero-order chi connectivity index (χ0) is 10.1. The highest BCUT2D eigenvalue weighted by Gasteiger charge is 2.07. The number of benzene rings is 1. The van der Waals surface area contributed by atoms with E-state index in [1.165, 1.54) is 15.6 Å². The number of aromatic hydroxyl groups is 1. The Balaban J connectivity index is 2.70. The molecule has 0 aliphatic heterocycles. The second-order valence-electron chi connectivity index (χ2n) is 3.13. The Kier molecular flexibility index (Phi) is 2.70. The molecule has 0 radical (unpaired) electrons. The molecule has 74 valence electrons. The summed E-state index contributed by atoms with van der Waals surface area (Å²) in [5, 5.41) is 13.1. The summed E-state index contributed by atoms with van der Waals surface area (Å²) in [5.74, 6) is 0.398. The van der Waals surface area contributed by atoms with Crippen LogP contribution >= 0.6 is 23.1 Å². The number of thiophene rings is 1. The van der Waals surface area contributed by atoms with Crippen molar-refractivity contribution in [1.29, 1.82) is 0 Å². The van der Waals surface area contributed by atoms with E-state index >= 15 is 0 Å². The highest BCUT2D eigenvalue weighted by Crippen LogP contribution is 2.36. The van der Waals surface area contributed by atoms with Gasteiger partial charge in [-0.3, -0.25) is 0 Å². The van der Waals surface area contributed by atoms with Crippen LogP contribution in [0.1, 0.15) is 12.5 Å². The highest BCUT2D eigenvalue weighted by molar-refractivity contribution is 7.98. The summed E-state index contributed by atoms with van der Waals surface area (Å²) >= 11 is 3.29. The molecule has 2 rings (SSSR count). The minimum Gasteiger partial charge on any atom is -0.507 e. The Morgan fingerprint density at radius 3 is 2.86 bits per heavy atom. The minimum atomic E-state index is 0.398. The van der Waals surface area contributed by atoms with Crippen molar-refractivity contribution in [3.63, 3.8) is 0 Å². The van der Waals surface area contributed by atoms with Gasteiger partial charge in [-0.25, -0.2) is 0 Å². The Hall–Kier alpha value is -0.670. The number of phenols is 1. The van der Waals surface area contributed by atoms with Crippen molar-refractivity contribution in [3.05, 3.63) is 23.1 Å². The van der Waals surface area contributed by atoms with Gasteiger partial charge in [-0.05, 0) is 41.1 Å². The third-order valence-corrected chi connectivity index (χ3v) is 4.10. The molecule has 0 amide bonds. The molecule has 1 aromatic carbocycles. The number of thioether (sulfide) groups is 1. The summed E-state index contributed by atoms with van der Waals surface area (Å²) in [6.45, 7) is 2.16. The highest BCUT2D eigenvalue weighted by atomic mass is 32.2. The minimum absolute atomic E-state index is 0.398. The van der Waals surface area contributed by atoms with E-state index in [2.05, 4.69) is 18.4 Å². The number of phenolic OH excluding ortho intramolecular Hbond substituents is 1. The normalized spacial score (nSPS) is 11.0. The number of hydrogen-bond acceptors (Lipinski definition) is 3. The summed E-state index contributed by atoms with van der Waals surface area (Å²) in [7, 11) is 0. The van der Waals surface area contributed by atoms with Gasteiger partial charge in [0.05, 0.1) is 0 Å². The third-order valence-electron chi connectivity index (χ3n) is 2.34.